The number of aromatic amines is 1. The van der Waals surface area contributed by atoms with Crippen molar-refractivity contribution in [3.63, 3.8) is 0 Å². The van der Waals surface area contributed by atoms with Crippen molar-refractivity contribution >= 4 is 22.6 Å². The zero-order valence-electron chi connectivity index (χ0n) is 14.3. The molecule has 1 saturated carbocycles. The highest BCUT2D eigenvalue weighted by Crippen LogP contribution is 2.39. The van der Waals surface area contributed by atoms with Gasteiger partial charge in [-0.1, -0.05) is 0 Å². The monoisotopic (exact) mass is 390 g/mol. The molecule has 1 aliphatic carbocycles. The van der Waals surface area contributed by atoms with E-state index in [9.17, 15) is 17.6 Å². The van der Waals surface area contributed by atoms with E-state index in [-0.39, 0.29) is 30.5 Å². The number of aromatic nitrogens is 5. The highest BCUT2D eigenvalue weighted by atomic mass is 19.3. The van der Waals surface area contributed by atoms with E-state index in [0.717, 1.165) is 11.8 Å². The predicted octanol–water partition coefficient (Wildman–Crippen LogP) is 4.42. The van der Waals surface area contributed by atoms with E-state index >= 15 is 0 Å². The average Bonchev–Trinajstić information content (AvgIpc) is 3.23. The number of rotatable bonds is 4. The van der Waals surface area contributed by atoms with Crippen LogP contribution >= 0.6 is 0 Å². The predicted molar refractivity (Wildman–Crippen MR) is 94.6 cm³/mol. The minimum atomic E-state index is -2.64. The third-order valence-corrected chi connectivity index (χ3v) is 4.92. The molecule has 28 heavy (non-hydrogen) atoms. The van der Waals surface area contributed by atoms with Gasteiger partial charge in [-0.3, -0.25) is 4.40 Å². The molecule has 144 valence electrons. The molecule has 2 N–H and O–H groups in total. The maximum absolute atomic E-state index is 13.1. The number of nitrogens with one attached hydrogen (secondary N) is 2. The Balaban J connectivity index is 1.48. The van der Waals surface area contributed by atoms with Gasteiger partial charge in [0.15, 0.2) is 0 Å². The Hall–Kier alpha value is -3.17. The van der Waals surface area contributed by atoms with E-state index in [4.69, 9.17) is 0 Å². The van der Waals surface area contributed by atoms with Crippen LogP contribution in [0.15, 0.2) is 36.9 Å². The lowest BCUT2D eigenvalue weighted by atomic mass is 9.88. The van der Waals surface area contributed by atoms with Crippen LogP contribution in [-0.4, -0.2) is 36.3 Å². The van der Waals surface area contributed by atoms with Crippen LogP contribution < -0.4 is 5.32 Å². The molecule has 0 bridgehead atoms. The molecule has 0 spiro atoms. The second-order valence-electron chi connectivity index (χ2n) is 6.89. The summed E-state index contributed by atoms with van der Waals surface area (Å²) in [7, 11) is 0. The first-order chi connectivity index (χ1) is 13.4. The van der Waals surface area contributed by atoms with E-state index in [1.165, 1.54) is 4.40 Å². The fourth-order valence-electron chi connectivity index (χ4n) is 3.48. The molecule has 1 aliphatic rings. The quantitative estimate of drug-likeness (QED) is 0.506. The van der Waals surface area contributed by atoms with E-state index in [1.807, 2.05) is 0 Å². The van der Waals surface area contributed by atoms with Gasteiger partial charge in [-0.2, -0.15) is 4.98 Å². The molecule has 4 heterocycles. The number of H-pyrrole nitrogens is 1. The SMILES string of the molecule is FC(F)c1cnc2ccc(-c3c[nH]c4nc(NC5CC(F)(F)C5)ncc34)cn12. The van der Waals surface area contributed by atoms with Gasteiger partial charge in [0, 0.05) is 54.0 Å². The number of fused-ring (bicyclic) bond motifs is 2. The second-order valence-corrected chi connectivity index (χ2v) is 6.89. The highest BCUT2D eigenvalue weighted by Gasteiger charge is 2.45. The molecule has 0 amide bonds. The van der Waals surface area contributed by atoms with Crippen molar-refractivity contribution in [1.29, 1.82) is 0 Å². The van der Waals surface area contributed by atoms with Crippen LogP contribution in [-0.2, 0) is 0 Å². The third kappa shape index (κ3) is 2.76. The minimum Gasteiger partial charge on any atom is -0.351 e. The molecule has 0 saturated heterocycles. The lowest BCUT2D eigenvalue weighted by Gasteiger charge is -2.35. The largest absolute Gasteiger partial charge is 0.351 e. The number of anilines is 1. The molecule has 5 rings (SSSR count). The number of pyridine rings is 1. The lowest BCUT2D eigenvalue weighted by Crippen LogP contribution is -2.44. The van der Waals surface area contributed by atoms with E-state index in [2.05, 4.69) is 25.3 Å². The zero-order valence-corrected chi connectivity index (χ0v) is 14.3. The molecular weight excluding hydrogens is 376 g/mol. The number of nitrogens with zero attached hydrogens (tertiary/aromatic N) is 4. The maximum Gasteiger partial charge on any atom is 0.280 e. The number of halogens is 4. The fraction of sp³-hybridized carbons (Fsp3) is 0.278. The highest BCUT2D eigenvalue weighted by molar-refractivity contribution is 5.93. The van der Waals surface area contributed by atoms with Crippen molar-refractivity contribution in [2.45, 2.75) is 31.2 Å². The van der Waals surface area contributed by atoms with Gasteiger partial charge in [0.05, 0.1) is 6.20 Å². The number of hydrogen-bond donors (Lipinski definition) is 2. The second kappa shape index (κ2) is 5.91. The summed E-state index contributed by atoms with van der Waals surface area (Å²) in [6.07, 6.45) is 2.94. The first kappa shape index (κ1) is 17.0. The van der Waals surface area contributed by atoms with Gasteiger partial charge in [-0.15, -0.1) is 0 Å². The summed E-state index contributed by atoms with van der Waals surface area (Å²) >= 11 is 0. The van der Waals surface area contributed by atoms with Gasteiger partial charge in [0.1, 0.15) is 17.0 Å². The first-order valence-corrected chi connectivity index (χ1v) is 8.64. The summed E-state index contributed by atoms with van der Waals surface area (Å²) in [6.45, 7) is 0. The smallest absolute Gasteiger partial charge is 0.280 e. The van der Waals surface area contributed by atoms with Crippen LogP contribution in [0.5, 0.6) is 0 Å². The van der Waals surface area contributed by atoms with Crippen LogP contribution in [0.3, 0.4) is 0 Å². The van der Waals surface area contributed by atoms with Gasteiger partial charge in [0.2, 0.25) is 5.95 Å². The van der Waals surface area contributed by atoms with Crippen molar-refractivity contribution in [2.24, 2.45) is 0 Å². The third-order valence-electron chi connectivity index (χ3n) is 4.92. The van der Waals surface area contributed by atoms with Gasteiger partial charge in [-0.25, -0.2) is 27.5 Å². The van der Waals surface area contributed by atoms with Gasteiger partial charge >= 0.3 is 0 Å². The maximum atomic E-state index is 13.1. The summed E-state index contributed by atoms with van der Waals surface area (Å²) in [4.78, 5) is 15.5. The minimum absolute atomic E-state index is 0.184. The van der Waals surface area contributed by atoms with Crippen LogP contribution in [0.25, 0.3) is 27.8 Å². The molecule has 0 aliphatic heterocycles. The van der Waals surface area contributed by atoms with Gasteiger partial charge in [-0.05, 0) is 12.1 Å². The Bertz CT molecular complexity index is 1170. The Morgan fingerprint density at radius 2 is 2.00 bits per heavy atom. The van der Waals surface area contributed by atoms with Crippen molar-refractivity contribution in [2.75, 3.05) is 5.32 Å². The molecule has 0 aromatic carbocycles. The fourth-order valence-corrected chi connectivity index (χ4v) is 3.48. The van der Waals surface area contributed by atoms with E-state index in [0.29, 0.717) is 22.2 Å². The van der Waals surface area contributed by atoms with Crippen molar-refractivity contribution in [3.05, 3.63) is 42.6 Å². The summed E-state index contributed by atoms with van der Waals surface area (Å²) in [5.41, 5.74) is 2.21. The molecule has 4 aromatic heterocycles. The summed E-state index contributed by atoms with van der Waals surface area (Å²) < 4.78 is 53.6. The van der Waals surface area contributed by atoms with Crippen molar-refractivity contribution in [3.8, 4) is 11.1 Å². The Labute approximate surface area is 155 Å². The van der Waals surface area contributed by atoms with Gasteiger partial charge < -0.3 is 10.3 Å². The summed E-state index contributed by atoms with van der Waals surface area (Å²) in [6, 6.07) is 3.09. The molecule has 6 nitrogen and oxygen atoms in total. The van der Waals surface area contributed by atoms with E-state index < -0.39 is 12.3 Å². The Kier molecular flexibility index (Phi) is 3.58. The van der Waals surface area contributed by atoms with Gasteiger partial charge in [0.25, 0.3) is 12.3 Å². The standard InChI is InChI=1S/C18H14F4N6/c19-15(20)13-7-23-14-2-1-9(8-28(13)14)11-5-24-16-12(11)6-25-17(27-16)26-10-3-18(21,22)4-10/h1-2,5-8,10,15H,3-4H2,(H2,24,25,26,27). The van der Waals surface area contributed by atoms with Crippen molar-refractivity contribution < 1.29 is 17.6 Å². The average molecular weight is 390 g/mol. The molecular formula is C18H14F4N6. The molecule has 4 aromatic rings. The Morgan fingerprint density at radius 3 is 2.75 bits per heavy atom. The van der Waals surface area contributed by atoms with Crippen LogP contribution in [0.1, 0.15) is 25.0 Å². The molecule has 0 radical (unpaired) electrons. The topological polar surface area (TPSA) is 70.9 Å². The molecule has 1 fully saturated rings. The lowest BCUT2D eigenvalue weighted by molar-refractivity contribution is -0.0794. The Morgan fingerprint density at radius 1 is 1.18 bits per heavy atom. The van der Waals surface area contributed by atoms with Crippen LogP contribution in [0, 0.1) is 0 Å². The number of imidazole rings is 1. The van der Waals surface area contributed by atoms with Crippen molar-refractivity contribution in [1.82, 2.24) is 24.3 Å². The summed E-state index contributed by atoms with van der Waals surface area (Å²) in [5.74, 6) is -2.35. The zero-order chi connectivity index (χ0) is 19.5. The normalized spacial score (nSPS) is 16.8. The first-order valence-electron chi connectivity index (χ1n) is 8.64. The molecule has 0 unspecified atom stereocenters. The number of alkyl halides is 4. The molecule has 10 heteroatoms. The van der Waals surface area contributed by atoms with E-state index in [1.54, 1.807) is 30.7 Å². The number of hydrogen-bond acceptors (Lipinski definition) is 4. The molecule has 0 atom stereocenters. The summed E-state index contributed by atoms with van der Waals surface area (Å²) in [5, 5.41) is 3.59. The van der Waals surface area contributed by atoms with Crippen LogP contribution in [0.4, 0.5) is 23.5 Å². The van der Waals surface area contributed by atoms with Crippen LogP contribution in [0.2, 0.25) is 0 Å².